The molecule has 0 aliphatic heterocycles. The van der Waals surface area contributed by atoms with Crippen LogP contribution in [0.15, 0.2) is 53.3 Å². The summed E-state index contributed by atoms with van der Waals surface area (Å²) in [4.78, 5) is 56.3. The molecule has 0 aliphatic carbocycles. The molecule has 0 aliphatic rings. The molecule has 2 N–H and O–H groups in total. The van der Waals surface area contributed by atoms with E-state index in [1.807, 2.05) is 6.92 Å². The molecule has 11 heteroatoms. The number of nitrogens with zero attached hydrogens (tertiary/aromatic N) is 2. The highest BCUT2D eigenvalue weighted by atomic mass is 35.5. The molecule has 196 valence electrons. The van der Waals surface area contributed by atoms with Crippen molar-refractivity contribution in [1.82, 2.24) is 9.38 Å². The van der Waals surface area contributed by atoms with E-state index < -0.39 is 23.3 Å². The number of amides is 2. The maximum atomic E-state index is 13.4. The van der Waals surface area contributed by atoms with Crippen molar-refractivity contribution < 1.29 is 19.1 Å². The third kappa shape index (κ3) is 5.92. The fourth-order valence-corrected chi connectivity index (χ4v) is 4.96. The summed E-state index contributed by atoms with van der Waals surface area (Å²) in [5.41, 5.74) is 1.79. The van der Waals surface area contributed by atoms with Gasteiger partial charge in [-0.25, -0.2) is 14.2 Å². The Morgan fingerprint density at radius 3 is 2.45 bits per heavy atom. The lowest BCUT2D eigenvalue weighted by Crippen LogP contribution is -2.25. The number of aromatic nitrogens is 2. The second kappa shape index (κ2) is 11.6. The maximum Gasteiger partial charge on any atom is 0.338 e. The molecule has 0 bridgehead atoms. The van der Waals surface area contributed by atoms with Crippen molar-refractivity contribution in [3.63, 3.8) is 0 Å². The van der Waals surface area contributed by atoms with Crippen LogP contribution in [0.5, 0.6) is 0 Å². The van der Waals surface area contributed by atoms with Crippen molar-refractivity contribution in [3.8, 4) is 0 Å². The van der Waals surface area contributed by atoms with Crippen molar-refractivity contribution in [1.29, 1.82) is 0 Å². The van der Waals surface area contributed by atoms with Gasteiger partial charge in [-0.3, -0.25) is 14.4 Å². The molecule has 0 unspecified atom stereocenters. The van der Waals surface area contributed by atoms with E-state index in [1.54, 1.807) is 44.2 Å². The summed E-state index contributed by atoms with van der Waals surface area (Å²) in [6, 6.07) is 12.4. The van der Waals surface area contributed by atoms with Gasteiger partial charge in [0.05, 0.1) is 12.2 Å². The minimum atomic E-state index is -0.680. The number of carbonyl (C=O) groups excluding carboxylic acids is 3. The van der Waals surface area contributed by atoms with Crippen LogP contribution in [0.3, 0.4) is 0 Å². The number of ether oxygens (including phenoxy) is 1. The Morgan fingerprint density at radius 2 is 1.76 bits per heavy atom. The van der Waals surface area contributed by atoms with Crippen molar-refractivity contribution in [2.75, 3.05) is 17.2 Å². The van der Waals surface area contributed by atoms with Crippen molar-refractivity contribution in [2.45, 2.75) is 33.6 Å². The molecular formula is C27H25ClN4O5S. The second-order valence-corrected chi connectivity index (χ2v) is 9.98. The molecule has 0 saturated carbocycles. The van der Waals surface area contributed by atoms with Gasteiger partial charge in [0.15, 0.2) is 4.96 Å². The first kappa shape index (κ1) is 27.0. The van der Waals surface area contributed by atoms with Crippen LogP contribution in [-0.4, -0.2) is 33.8 Å². The Kier molecular flexibility index (Phi) is 8.23. The second-order valence-electron chi connectivity index (χ2n) is 8.57. The first-order valence-electron chi connectivity index (χ1n) is 11.9. The average molecular weight is 553 g/mol. The number of carbonyl (C=O) groups is 3. The molecule has 4 aromatic rings. The number of hydrogen-bond acceptors (Lipinski definition) is 7. The monoisotopic (exact) mass is 552 g/mol. The van der Waals surface area contributed by atoms with Crippen LogP contribution in [0.2, 0.25) is 5.02 Å². The molecule has 0 radical (unpaired) electrons. The molecule has 0 atom stereocenters. The zero-order valence-corrected chi connectivity index (χ0v) is 22.5. The molecule has 2 aromatic carbocycles. The highest BCUT2D eigenvalue weighted by Crippen LogP contribution is 2.26. The molecule has 0 saturated heterocycles. The number of benzene rings is 2. The average Bonchev–Trinajstić information content (AvgIpc) is 3.26. The summed E-state index contributed by atoms with van der Waals surface area (Å²) in [6.45, 7) is 5.79. The SMILES string of the molecule is CCCCOC(=O)c1ccc(NC(=O)c2c(C(=O)Nc3ccc(Cl)cc3C)sc3nc(C)cc(=O)n23)cc1. The van der Waals surface area contributed by atoms with E-state index in [1.165, 1.54) is 18.2 Å². The van der Waals surface area contributed by atoms with Gasteiger partial charge in [-0.15, -0.1) is 0 Å². The highest BCUT2D eigenvalue weighted by Gasteiger charge is 2.26. The minimum Gasteiger partial charge on any atom is -0.462 e. The molecular weight excluding hydrogens is 528 g/mol. The minimum absolute atomic E-state index is 0.0168. The summed E-state index contributed by atoms with van der Waals surface area (Å²) in [5, 5.41) is 6.01. The van der Waals surface area contributed by atoms with Gasteiger partial charge in [0.25, 0.3) is 17.4 Å². The van der Waals surface area contributed by atoms with Crippen LogP contribution in [0.1, 0.15) is 61.5 Å². The van der Waals surface area contributed by atoms with E-state index in [2.05, 4.69) is 15.6 Å². The van der Waals surface area contributed by atoms with Gasteiger partial charge in [-0.2, -0.15) is 0 Å². The molecule has 2 amide bonds. The van der Waals surface area contributed by atoms with Gasteiger partial charge in [-0.1, -0.05) is 36.3 Å². The molecule has 9 nitrogen and oxygen atoms in total. The van der Waals surface area contributed by atoms with Crippen molar-refractivity contribution in [2.24, 2.45) is 0 Å². The Morgan fingerprint density at radius 1 is 1.03 bits per heavy atom. The number of hydrogen-bond donors (Lipinski definition) is 2. The zero-order chi connectivity index (χ0) is 27.4. The van der Waals surface area contributed by atoms with E-state index in [0.717, 1.165) is 34.1 Å². The molecule has 2 heterocycles. The lowest BCUT2D eigenvalue weighted by atomic mass is 10.2. The van der Waals surface area contributed by atoms with E-state index in [4.69, 9.17) is 16.3 Å². The van der Waals surface area contributed by atoms with E-state index in [9.17, 15) is 19.2 Å². The van der Waals surface area contributed by atoms with E-state index in [0.29, 0.717) is 34.3 Å². The normalized spacial score (nSPS) is 10.8. The van der Waals surface area contributed by atoms with Gasteiger partial charge in [0.1, 0.15) is 10.6 Å². The van der Waals surface area contributed by atoms with E-state index in [-0.39, 0.29) is 15.5 Å². The summed E-state index contributed by atoms with van der Waals surface area (Å²) < 4.78 is 6.32. The number of esters is 1. The van der Waals surface area contributed by atoms with Crippen LogP contribution in [0, 0.1) is 13.8 Å². The van der Waals surface area contributed by atoms with Gasteiger partial charge in [-0.05, 0) is 68.3 Å². The summed E-state index contributed by atoms with van der Waals surface area (Å²) in [6.07, 6.45) is 1.68. The maximum absolute atomic E-state index is 13.4. The van der Waals surface area contributed by atoms with Crippen molar-refractivity contribution in [3.05, 3.63) is 91.3 Å². The Bertz CT molecular complexity index is 1590. The number of aryl methyl sites for hydroxylation is 2. The zero-order valence-electron chi connectivity index (χ0n) is 21.0. The van der Waals surface area contributed by atoms with Crippen LogP contribution in [-0.2, 0) is 4.74 Å². The fourth-order valence-electron chi connectivity index (χ4n) is 3.66. The number of thiazole rings is 1. The molecule has 0 fully saturated rings. The summed E-state index contributed by atoms with van der Waals surface area (Å²) >= 11 is 6.95. The first-order chi connectivity index (χ1) is 18.2. The molecule has 0 spiro atoms. The lowest BCUT2D eigenvalue weighted by Gasteiger charge is -2.10. The van der Waals surface area contributed by atoms with Crippen LogP contribution >= 0.6 is 22.9 Å². The van der Waals surface area contributed by atoms with Crippen LogP contribution in [0.4, 0.5) is 11.4 Å². The third-order valence-corrected chi connectivity index (χ3v) is 6.89. The van der Waals surface area contributed by atoms with Crippen LogP contribution < -0.4 is 16.2 Å². The standard InChI is InChI=1S/C27H25ClN4O5S/c1-4-5-12-37-26(36)17-6-9-19(10-7-17)30-24(34)22-23(38-27-29-16(3)14-21(33)32(22)27)25(35)31-20-11-8-18(28)13-15(20)2/h6-11,13-14H,4-5,12H2,1-3H3,(H,30,34)(H,31,35). The van der Waals surface area contributed by atoms with Gasteiger partial charge in [0, 0.05) is 28.2 Å². The molecule has 2 aromatic heterocycles. The molecule has 4 rings (SSSR count). The van der Waals surface area contributed by atoms with Gasteiger partial charge < -0.3 is 15.4 Å². The Hall–Kier alpha value is -4.02. The third-order valence-electron chi connectivity index (χ3n) is 5.62. The topological polar surface area (TPSA) is 119 Å². The number of unbranched alkanes of at least 4 members (excludes halogenated alkanes) is 1. The largest absolute Gasteiger partial charge is 0.462 e. The number of halogens is 1. The van der Waals surface area contributed by atoms with Crippen molar-refractivity contribution >= 4 is 57.1 Å². The molecule has 38 heavy (non-hydrogen) atoms. The lowest BCUT2D eigenvalue weighted by molar-refractivity contribution is 0.0499. The number of fused-ring (bicyclic) bond motifs is 1. The number of anilines is 2. The number of rotatable bonds is 8. The summed E-state index contributed by atoms with van der Waals surface area (Å²) in [5.74, 6) is -1.71. The first-order valence-corrected chi connectivity index (χ1v) is 13.1. The van der Waals surface area contributed by atoms with Gasteiger partial charge >= 0.3 is 5.97 Å². The van der Waals surface area contributed by atoms with Crippen LogP contribution in [0.25, 0.3) is 4.96 Å². The highest BCUT2D eigenvalue weighted by molar-refractivity contribution is 7.19. The quantitative estimate of drug-likeness (QED) is 0.220. The number of nitrogens with one attached hydrogen (secondary N) is 2. The Balaban J connectivity index is 1.65. The fraction of sp³-hybridized carbons (Fsp3) is 0.222. The van der Waals surface area contributed by atoms with E-state index >= 15 is 0 Å². The summed E-state index contributed by atoms with van der Waals surface area (Å²) in [7, 11) is 0. The van der Waals surface area contributed by atoms with Gasteiger partial charge in [0.2, 0.25) is 0 Å². The predicted molar refractivity (Wildman–Crippen MR) is 148 cm³/mol. The predicted octanol–water partition coefficient (Wildman–Crippen LogP) is 5.49. The smallest absolute Gasteiger partial charge is 0.338 e. The Labute approximate surface area is 227 Å².